The van der Waals surface area contributed by atoms with Crippen molar-refractivity contribution in [2.24, 2.45) is 0 Å². The molecule has 6 heteroatoms. The number of benzene rings is 1. The first-order valence-corrected chi connectivity index (χ1v) is 8.61. The Labute approximate surface area is 150 Å². The van der Waals surface area contributed by atoms with E-state index in [0.717, 1.165) is 37.3 Å². The lowest BCUT2D eigenvalue weighted by atomic mass is 9.92. The third-order valence-electron chi connectivity index (χ3n) is 4.92. The molecular weight excluding hydrogens is 328 g/mol. The molecule has 1 aromatic carbocycles. The van der Waals surface area contributed by atoms with Crippen LogP contribution in [0.15, 0.2) is 24.3 Å². The summed E-state index contributed by atoms with van der Waals surface area (Å²) in [4.78, 5) is 14.9. The zero-order chi connectivity index (χ0) is 16.3. The summed E-state index contributed by atoms with van der Waals surface area (Å²) in [5.41, 5.74) is -0.385. The second-order valence-electron chi connectivity index (χ2n) is 6.31. The van der Waals surface area contributed by atoms with Crippen molar-refractivity contribution < 1.29 is 14.3 Å². The number of ether oxygens (including phenoxy) is 2. The van der Waals surface area contributed by atoms with E-state index in [4.69, 9.17) is 9.47 Å². The van der Waals surface area contributed by atoms with Crippen molar-refractivity contribution in [3.8, 4) is 11.5 Å². The standard InChI is InChI=1S/C18H26N2O3.ClH/c1-3-18(10-7-11-19-18)17(21)20(4-2)12-14-13-22-15-8-5-6-9-16(15)23-14;/h5-6,8-9,14,19H,3-4,7,10-13H2,1-2H3;1H. The minimum atomic E-state index is -0.385. The van der Waals surface area contributed by atoms with Gasteiger partial charge in [-0.2, -0.15) is 0 Å². The third kappa shape index (κ3) is 3.62. The van der Waals surface area contributed by atoms with E-state index in [9.17, 15) is 4.79 Å². The van der Waals surface area contributed by atoms with Crippen molar-refractivity contribution in [1.82, 2.24) is 10.2 Å². The van der Waals surface area contributed by atoms with Gasteiger partial charge in [-0.15, -0.1) is 12.4 Å². The number of amides is 1. The van der Waals surface area contributed by atoms with E-state index < -0.39 is 0 Å². The van der Waals surface area contributed by atoms with E-state index in [2.05, 4.69) is 12.2 Å². The molecule has 0 saturated carbocycles. The number of rotatable bonds is 5. The number of nitrogens with zero attached hydrogens (tertiary/aromatic N) is 1. The van der Waals surface area contributed by atoms with Crippen LogP contribution in [0.1, 0.15) is 33.1 Å². The Bertz CT molecular complexity index is 561. The van der Waals surface area contributed by atoms with E-state index in [1.165, 1.54) is 0 Å². The Morgan fingerprint density at radius 2 is 2.08 bits per heavy atom. The van der Waals surface area contributed by atoms with Gasteiger partial charge in [-0.3, -0.25) is 4.79 Å². The van der Waals surface area contributed by atoms with Crippen molar-refractivity contribution in [3.05, 3.63) is 24.3 Å². The molecule has 0 radical (unpaired) electrons. The van der Waals surface area contributed by atoms with E-state index >= 15 is 0 Å². The fourth-order valence-corrected chi connectivity index (χ4v) is 3.50. The maximum absolute atomic E-state index is 13.0. The van der Waals surface area contributed by atoms with Crippen LogP contribution in [-0.2, 0) is 4.79 Å². The van der Waals surface area contributed by atoms with Gasteiger partial charge < -0.3 is 19.7 Å². The van der Waals surface area contributed by atoms with Gasteiger partial charge in [-0.1, -0.05) is 19.1 Å². The minimum absolute atomic E-state index is 0. The molecule has 0 aromatic heterocycles. The molecule has 1 aromatic rings. The Hall–Kier alpha value is -1.46. The highest BCUT2D eigenvalue weighted by molar-refractivity contribution is 5.86. The molecule has 1 saturated heterocycles. The van der Waals surface area contributed by atoms with Crippen molar-refractivity contribution in [2.75, 3.05) is 26.2 Å². The molecule has 1 fully saturated rings. The zero-order valence-electron chi connectivity index (χ0n) is 14.4. The molecule has 1 N–H and O–H groups in total. The molecule has 0 bridgehead atoms. The summed E-state index contributed by atoms with van der Waals surface area (Å²) < 4.78 is 11.8. The lowest BCUT2D eigenvalue weighted by Crippen LogP contribution is -2.56. The number of halogens is 1. The van der Waals surface area contributed by atoms with Crippen LogP contribution in [0, 0.1) is 0 Å². The maximum Gasteiger partial charge on any atom is 0.242 e. The summed E-state index contributed by atoms with van der Waals surface area (Å²) in [5, 5.41) is 3.42. The normalized spacial score (nSPS) is 25.0. The summed E-state index contributed by atoms with van der Waals surface area (Å²) in [5.74, 6) is 1.74. The second-order valence-corrected chi connectivity index (χ2v) is 6.31. The summed E-state index contributed by atoms with van der Waals surface area (Å²) in [6, 6.07) is 7.68. The van der Waals surface area contributed by atoms with Gasteiger partial charge in [-0.25, -0.2) is 0 Å². The maximum atomic E-state index is 13.0. The van der Waals surface area contributed by atoms with Gasteiger partial charge in [0.2, 0.25) is 5.91 Å². The Morgan fingerprint density at radius 1 is 1.33 bits per heavy atom. The largest absolute Gasteiger partial charge is 0.486 e. The second kappa shape index (κ2) is 8.08. The fourth-order valence-electron chi connectivity index (χ4n) is 3.50. The summed E-state index contributed by atoms with van der Waals surface area (Å²) in [6.45, 7) is 6.76. The quantitative estimate of drug-likeness (QED) is 0.883. The topological polar surface area (TPSA) is 50.8 Å². The van der Waals surface area contributed by atoms with Crippen LogP contribution in [0.4, 0.5) is 0 Å². The van der Waals surface area contributed by atoms with Gasteiger partial charge in [0.05, 0.1) is 12.1 Å². The third-order valence-corrected chi connectivity index (χ3v) is 4.92. The van der Waals surface area contributed by atoms with Gasteiger partial charge in [0.15, 0.2) is 17.6 Å². The minimum Gasteiger partial charge on any atom is -0.486 e. The van der Waals surface area contributed by atoms with Crippen LogP contribution in [0.5, 0.6) is 11.5 Å². The number of likely N-dealkylation sites (N-methyl/N-ethyl adjacent to an activating group) is 1. The fraction of sp³-hybridized carbons (Fsp3) is 0.611. The molecule has 3 rings (SSSR count). The summed E-state index contributed by atoms with van der Waals surface area (Å²) >= 11 is 0. The highest BCUT2D eigenvalue weighted by atomic mass is 35.5. The van der Waals surface area contributed by atoms with Gasteiger partial charge >= 0.3 is 0 Å². The highest BCUT2D eigenvalue weighted by Gasteiger charge is 2.42. The first kappa shape index (κ1) is 18.9. The molecule has 1 amide bonds. The number of fused-ring (bicyclic) bond motifs is 1. The molecule has 2 heterocycles. The molecule has 24 heavy (non-hydrogen) atoms. The number of carbonyl (C=O) groups is 1. The Morgan fingerprint density at radius 3 is 2.71 bits per heavy atom. The van der Waals surface area contributed by atoms with Crippen LogP contribution in [-0.4, -0.2) is 48.7 Å². The van der Waals surface area contributed by atoms with E-state index in [1.807, 2.05) is 36.1 Å². The van der Waals surface area contributed by atoms with Crippen LogP contribution in [0.25, 0.3) is 0 Å². The van der Waals surface area contributed by atoms with E-state index in [0.29, 0.717) is 19.7 Å². The first-order chi connectivity index (χ1) is 11.2. The van der Waals surface area contributed by atoms with Gasteiger partial charge in [0, 0.05) is 6.54 Å². The average Bonchev–Trinajstić information content (AvgIpc) is 3.09. The van der Waals surface area contributed by atoms with Crippen LogP contribution in [0.3, 0.4) is 0 Å². The van der Waals surface area contributed by atoms with Crippen molar-refractivity contribution in [3.63, 3.8) is 0 Å². The molecule has 5 nitrogen and oxygen atoms in total. The van der Waals surface area contributed by atoms with Gasteiger partial charge in [0.25, 0.3) is 0 Å². The zero-order valence-corrected chi connectivity index (χ0v) is 15.2. The van der Waals surface area contributed by atoms with Crippen molar-refractivity contribution >= 4 is 18.3 Å². The molecule has 0 spiro atoms. The number of nitrogens with one attached hydrogen (secondary N) is 1. The number of hydrogen-bond donors (Lipinski definition) is 1. The number of carbonyl (C=O) groups excluding carboxylic acids is 1. The van der Waals surface area contributed by atoms with Gasteiger partial charge in [0.1, 0.15) is 6.61 Å². The summed E-state index contributed by atoms with van der Waals surface area (Å²) in [6.07, 6.45) is 2.69. The lowest BCUT2D eigenvalue weighted by molar-refractivity contribution is -0.139. The number of para-hydroxylation sites is 2. The predicted molar refractivity (Wildman–Crippen MR) is 96.1 cm³/mol. The van der Waals surface area contributed by atoms with Crippen LogP contribution < -0.4 is 14.8 Å². The molecule has 2 unspecified atom stereocenters. The molecular formula is C18H27ClN2O3. The molecule has 134 valence electrons. The predicted octanol–water partition coefficient (Wildman–Crippen LogP) is 2.63. The van der Waals surface area contributed by atoms with Crippen molar-refractivity contribution in [2.45, 2.75) is 44.8 Å². The first-order valence-electron chi connectivity index (χ1n) is 8.61. The van der Waals surface area contributed by atoms with Gasteiger partial charge in [-0.05, 0) is 44.9 Å². The molecule has 2 atom stereocenters. The monoisotopic (exact) mass is 354 g/mol. The molecule has 2 aliphatic heterocycles. The van der Waals surface area contributed by atoms with E-state index in [-0.39, 0.29) is 30.0 Å². The Kier molecular flexibility index (Phi) is 6.35. The lowest BCUT2D eigenvalue weighted by Gasteiger charge is -2.36. The summed E-state index contributed by atoms with van der Waals surface area (Å²) in [7, 11) is 0. The van der Waals surface area contributed by atoms with Crippen LogP contribution >= 0.6 is 12.4 Å². The number of hydrogen-bond acceptors (Lipinski definition) is 4. The Balaban J connectivity index is 0.00000208. The SMILES string of the molecule is CCN(CC1COc2ccccc2O1)C(=O)C1(CC)CCCN1.Cl. The van der Waals surface area contributed by atoms with Crippen molar-refractivity contribution in [1.29, 1.82) is 0 Å². The van der Waals surface area contributed by atoms with Crippen LogP contribution in [0.2, 0.25) is 0 Å². The molecule has 2 aliphatic rings. The average molecular weight is 355 g/mol. The highest BCUT2D eigenvalue weighted by Crippen LogP contribution is 2.31. The smallest absolute Gasteiger partial charge is 0.242 e. The molecule has 0 aliphatic carbocycles. The van der Waals surface area contributed by atoms with E-state index in [1.54, 1.807) is 0 Å².